The van der Waals surface area contributed by atoms with Crippen molar-refractivity contribution in [3.63, 3.8) is 0 Å². The van der Waals surface area contributed by atoms with E-state index in [4.69, 9.17) is 0 Å². The van der Waals surface area contributed by atoms with E-state index in [0.717, 1.165) is 24.3 Å². The number of fused-ring (bicyclic) bond motifs is 2. The average Bonchev–Trinajstić information content (AvgIpc) is 2.76. The quantitative estimate of drug-likeness (QED) is 0.661. The summed E-state index contributed by atoms with van der Waals surface area (Å²) in [6, 6.07) is 1.52. The molecule has 0 aromatic carbocycles. The molecule has 2 bridgehead atoms. The van der Waals surface area contributed by atoms with E-state index in [1.807, 2.05) is 6.08 Å². The van der Waals surface area contributed by atoms with Crippen LogP contribution < -0.4 is 5.32 Å². The summed E-state index contributed by atoms with van der Waals surface area (Å²) >= 11 is 0. The number of nitrogens with one attached hydrogen (secondary N) is 1. The fourth-order valence-corrected chi connectivity index (χ4v) is 3.27. The topological polar surface area (TPSA) is 12.0 Å². The summed E-state index contributed by atoms with van der Waals surface area (Å²) < 4.78 is 0. The minimum atomic E-state index is 0.678. The van der Waals surface area contributed by atoms with Crippen LogP contribution in [0.1, 0.15) is 45.4 Å². The lowest BCUT2D eigenvalue weighted by atomic mass is 9.94. The summed E-state index contributed by atoms with van der Waals surface area (Å²) in [5.41, 5.74) is 0. The molecule has 4 atom stereocenters. The van der Waals surface area contributed by atoms with Gasteiger partial charge in [0.05, 0.1) is 0 Å². The van der Waals surface area contributed by atoms with E-state index in [0.29, 0.717) is 6.04 Å². The second-order valence-electron chi connectivity index (χ2n) is 5.22. The second kappa shape index (κ2) is 4.48. The highest BCUT2D eigenvalue weighted by Gasteiger charge is 2.39. The van der Waals surface area contributed by atoms with Gasteiger partial charge in [0.2, 0.25) is 0 Å². The van der Waals surface area contributed by atoms with Crippen molar-refractivity contribution in [3.8, 4) is 0 Å². The molecule has 0 spiro atoms. The first-order chi connectivity index (χ1) is 6.79. The summed E-state index contributed by atoms with van der Waals surface area (Å²) in [5, 5.41) is 3.80. The van der Waals surface area contributed by atoms with Crippen molar-refractivity contribution < 1.29 is 0 Å². The van der Waals surface area contributed by atoms with Crippen LogP contribution in [-0.2, 0) is 0 Å². The Labute approximate surface area is 88.0 Å². The maximum absolute atomic E-state index is 3.80. The zero-order valence-corrected chi connectivity index (χ0v) is 9.34. The third-order valence-electron chi connectivity index (χ3n) is 4.04. The van der Waals surface area contributed by atoms with Crippen LogP contribution in [0, 0.1) is 11.8 Å². The Morgan fingerprint density at radius 2 is 2.29 bits per heavy atom. The monoisotopic (exact) mass is 193 g/mol. The molecule has 4 unspecified atom stereocenters. The maximum atomic E-state index is 3.80. The van der Waals surface area contributed by atoms with Gasteiger partial charge in [-0.15, -0.1) is 6.58 Å². The molecule has 0 aliphatic heterocycles. The van der Waals surface area contributed by atoms with Crippen molar-refractivity contribution in [2.45, 2.75) is 57.5 Å². The SMILES string of the molecule is C=CCCC(C)NC1CC2CCC1C2. The van der Waals surface area contributed by atoms with Gasteiger partial charge in [-0.25, -0.2) is 0 Å². The lowest BCUT2D eigenvalue weighted by molar-refractivity contribution is 0.319. The maximum Gasteiger partial charge on any atom is 0.0100 e. The molecule has 0 radical (unpaired) electrons. The fraction of sp³-hybridized carbons (Fsp3) is 0.846. The van der Waals surface area contributed by atoms with Crippen LogP contribution in [0.15, 0.2) is 12.7 Å². The van der Waals surface area contributed by atoms with Gasteiger partial charge in [0, 0.05) is 12.1 Å². The smallest absolute Gasteiger partial charge is 0.0100 e. The van der Waals surface area contributed by atoms with Gasteiger partial charge in [-0.1, -0.05) is 12.5 Å². The number of hydrogen-bond acceptors (Lipinski definition) is 1. The van der Waals surface area contributed by atoms with Crippen LogP contribution in [0.2, 0.25) is 0 Å². The zero-order valence-electron chi connectivity index (χ0n) is 9.34. The Hall–Kier alpha value is -0.300. The van der Waals surface area contributed by atoms with Crippen LogP contribution >= 0.6 is 0 Å². The molecule has 2 rings (SSSR count). The van der Waals surface area contributed by atoms with Gasteiger partial charge in [-0.2, -0.15) is 0 Å². The molecule has 2 saturated carbocycles. The van der Waals surface area contributed by atoms with Gasteiger partial charge >= 0.3 is 0 Å². The van der Waals surface area contributed by atoms with Gasteiger partial charge < -0.3 is 5.32 Å². The van der Waals surface area contributed by atoms with E-state index in [-0.39, 0.29) is 0 Å². The third kappa shape index (κ3) is 2.20. The number of hydrogen-bond donors (Lipinski definition) is 1. The van der Waals surface area contributed by atoms with Gasteiger partial charge in [-0.3, -0.25) is 0 Å². The van der Waals surface area contributed by atoms with E-state index in [1.54, 1.807) is 0 Å². The van der Waals surface area contributed by atoms with Crippen molar-refractivity contribution in [3.05, 3.63) is 12.7 Å². The van der Waals surface area contributed by atoms with Crippen LogP contribution in [0.5, 0.6) is 0 Å². The molecule has 0 saturated heterocycles. The molecular formula is C13H23N. The first kappa shape index (κ1) is 10.2. The van der Waals surface area contributed by atoms with Gasteiger partial charge in [0.25, 0.3) is 0 Å². The predicted octanol–water partition coefficient (Wildman–Crippen LogP) is 3.12. The van der Waals surface area contributed by atoms with Crippen LogP contribution in [-0.4, -0.2) is 12.1 Å². The van der Waals surface area contributed by atoms with Crippen molar-refractivity contribution in [1.82, 2.24) is 5.32 Å². The minimum absolute atomic E-state index is 0.678. The lowest BCUT2D eigenvalue weighted by Crippen LogP contribution is -2.39. The Bertz CT molecular complexity index is 199. The Balaban J connectivity index is 1.72. The Morgan fingerprint density at radius 3 is 2.86 bits per heavy atom. The molecule has 0 aromatic rings. The van der Waals surface area contributed by atoms with Gasteiger partial charge in [0.1, 0.15) is 0 Å². The first-order valence-electron chi connectivity index (χ1n) is 6.16. The lowest BCUT2D eigenvalue weighted by Gasteiger charge is -2.26. The Kier molecular flexibility index (Phi) is 3.27. The second-order valence-corrected chi connectivity index (χ2v) is 5.22. The van der Waals surface area contributed by atoms with Crippen LogP contribution in [0.3, 0.4) is 0 Å². The molecule has 14 heavy (non-hydrogen) atoms. The molecule has 1 N–H and O–H groups in total. The average molecular weight is 193 g/mol. The Morgan fingerprint density at radius 1 is 1.43 bits per heavy atom. The third-order valence-corrected chi connectivity index (χ3v) is 4.04. The van der Waals surface area contributed by atoms with Crippen molar-refractivity contribution in [1.29, 1.82) is 0 Å². The largest absolute Gasteiger partial charge is 0.311 e. The van der Waals surface area contributed by atoms with Crippen LogP contribution in [0.4, 0.5) is 0 Å². The van der Waals surface area contributed by atoms with Crippen molar-refractivity contribution in [2.24, 2.45) is 11.8 Å². The molecule has 2 aliphatic rings. The summed E-state index contributed by atoms with van der Waals surface area (Å²) in [4.78, 5) is 0. The summed E-state index contributed by atoms with van der Waals surface area (Å²) in [7, 11) is 0. The molecule has 0 amide bonds. The predicted molar refractivity (Wildman–Crippen MR) is 61.3 cm³/mol. The van der Waals surface area contributed by atoms with Gasteiger partial charge in [-0.05, 0) is 50.9 Å². The number of allylic oxidation sites excluding steroid dienone is 1. The molecule has 80 valence electrons. The van der Waals surface area contributed by atoms with E-state index >= 15 is 0 Å². The number of rotatable bonds is 5. The van der Waals surface area contributed by atoms with E-state index < -0.39 is 0 Å². The summed E-state index contributed by atoms with van der Waals surface area (Å²) in [6.45, 7) is 6.09. The van der Waals surface area contributed by atoms with E-state index in [9.17, 15) is 0 Å². The van der Waals surface area contributed by atoms with Crippen LogP contribution in [0.25, 0.3) is 0 Å². The fourth-order valence-electron chi connectivity index (χ4n) is 3.27. The van der Waals surface area contributed by atoms with Gasteiger partial charge in [0.15, 0.2) is 0 Å². The highest BCUT2D eigenvalue weighted by molar-refractivity contribution is 4.95. The molecule has 1 heteroatoms. The van der Waals surface area contributed by atoms with E-state index in [2.05, 4.69) is 18.8 Å². The minimum Gasteiger partial charge on any atom is -0.311 e. The summed E-state index contributed by atoms with van der Waals surface area (Å²) in [6.07, 6.45) is 10.4. The summed E-state index contributed by atoms with van der Waals surface area (Å²) in [5.74, 6) is 2.07. The molecule has 2 fully saturated rings. The normalized spacial score (nSPS) is 37.4. The first-order valence-corrected chi connectivity index (χ1v) is 6.16. The van der Waals surface area contributed by atoms with Crippen molar-refractivity contribution in [2.75, 3.05) is 0 Å². The standard InChI is InChI=1S/C13H23N/c1-3-4-5-10(2)14-13-9-11-6-7-12(13)8-11/h3,10-14H,1,4-9H2,2H3. The highest BCUT2D eigenvalue weighted by Crippen LogP contribution is 2.44. The van der Waals surface area contributed by atoms with Crippen molar-refractivity contribution >= 4 is 0 Å². The molecule has 1 nitrogen and oxygen atoms in total. The molecular weight excluding hydrogens is 170 g/mol. The molecule has 0 heterocycles. The zero-order chi connectivity index (χ0) is 9.97. The molecule has 0 aromatic heterocycles. The van der Waals surface area contributed by atoms with E-state index in [1.165, 1.54) is 32.1 Å². The highest BCUT2D eigenvalue weighted by atomic mass is 15.0. The molecule has 2 aliphatic carbocycles.